The van der Waals surface area contributed by atoms with Crippen LogP contribution in [0.25, 0.3) is 0 Å². The van der Waals surface area contributed by atoms with E-state index in [1.807, 2.05) is 24.3 Å². The molecular weight excluding hydrogens is 384 g/mol. The number of nitrogens with one attached hydrogen (secondary N) is 1. The first-order chi connectivity index (χ1) is 13.1. The van der Waals surface area contributed by atoms with Gasteiger partial charge in [-0.1, -0.05) is 23.9 Å². The molecule has 0 spiro atoms. The molecule has 138 valence electrons. The highest BCUT2D eigenvalue weighted by molar-refractivity contribution is 8.00. The molecule has 8 nitrogen and oxygen atoms in total. The van der Waals surface area contributed by atoms with Crippen molar-refractivity contribution in [3.05, 3.63) is 46.8 Å². The van der Waals surface area contributed by atoms with Gasteiger partial charge in [0.2, 0.25) is 11.1 Å². The van der Waals surface area contributed by atoms with E-state index in [9.17, 15) is 4.79 Å². The molecule has 1 N–H and O–H groups in total. The van der Waals surface area contributed by atoms with Gasteiger partial charge in [-0.3, -0.25) is 4.79 Å². The molecule has 0 saturated heterocycles. The first-order valence-corrected chi connectivity index (χ1v) is 9.71. The molecule has 1 unspecified atom stereocenters. The highest BCUT2D eigenvalue weighted by Gasteiger charge is 2.20. The molecule has 3 aromatic rings. The van der Waals surface area contributed by atoms with E-state index in [-0.39, 0.29) is 5.91 Å². The SMILES string of the molecule is COc1ccc(Cn2nnnc2SC(C)C(=O)Nc2sccc2C#N)cc1. The molecule has 0 radical (unpaired) electrons. The van der Waals surface area contributed by atoms with Crippen molar-refractivity contribution < 1.29 is 9.53 Å². The van der Waals surface area contributed by atoms with Crippen molar-refractivity contribution in [1.82, 2.24) is 20.2 Å². The Hall–Kier alpha value is -2.90. The number of hydrogen-bond acceptors (Lipinski definition) is 8. The molecule has 0 aliphatic heterocycles. The van der Waals surface area contributed by atoms with Gasteiger partial charge in [0.1, 0.15) is 16.8 Å². The van der Waals surface area contributed by atoms with Crippen LogP contribution in [0.5, 0.6) is 5.75 Å². The molecular formula is C17H16N6O2S2. The van der Waals surface area contributed by atoms with Crippen molar-refractivity contribution in [2.24, 2.45) is 0 Å². The summed E-state index contributed by atoms with van der Waals surface area (Å²) in [6.07, 6.45) is 0. The Labute approximate surface area is 164 Å². The second-order valence-electron chi connectivity index (χ2n) is 5.49. The maximum absolute atomic E-state index is 12.4. The Kier molecular flexibility index (Phi) is 6.05. The lowest BCUT2D eigenvalue weighted by molar-refractivity contribution is -0.115. The van der Waals surface area contributed by atoms with Gasteiger partial charge in [-0.15, -0.1) is 16.4 Å². The number of nitriles is 1. The summed E-state index contributed by atoms with van der Waals surface area (Å²) >= 11 is 2.58. The normalized spacial score (nSPS) is 11.6. The summed E-state index contributed by atoms with van der Waals surface area (Å²) in [6, 6.07) is 11.3. The molecule has 0 bridgehead atoms. The number of hydrogen-bond donors (Lipinski definition) is 1. The fraction of sp³-hybridized carbons (Fsp3) is 0.235. The predicted octanol–water partition coefficient (Wildman–Crippen LogP) is 2.78. The van der Waals surface area contributed by atoms with Gasteiger partial charge < -0.3 is 10.1 Å². The molecule has 1 amide bonds. The number of amides is 1. The Morgan fingerprint density at radius 1 is 1.41 bits per heavy atom. The van der Waals surface area contributed by atoms with Gasteiger partial charge >= 0.3 is 0 Å². The Bertz CT molecular complexity index is 960. The number of carbonyl (C=O) groups is 1. The maximum atomic E-state index is 12.4. The summed E-state index contributed by atoms with van der Waals surface area (Å²) < 4.78 is 6.79. The maximum Gasteiger partial charge on any atom is 0.238 e. The first kappa shape index (κ1) is 18.9. The Morgan fingerprint density at radius 2 is 2.19 bits per heavy atom. The number of carbonyl (C=O) groups excluding carboxylic acids is 1. The van der Waals surface area contributed by atoms with Gasteiger partial charge in [0.05, 0.1) is 24.5 Å². The number of ether oxygens (including phenoxy) is 1. The van der Waals surface area contributed by atoms with Crippen LogP contribution in [0.3, 0.4) is 0 Å². The third-order valence-electron chi connectivity index (χ3n) is 3.66. The van der Waals surface area contributed by atoms with E-state index in [0.29, 0.717) is 22.3 Å². The van der Waals surface area contributed by atoms with Crippen LogP contribution in [0.4, 0.5) is 5.00 Å². The molecule has 0 saturated carbocycles. The molecule has 10 heteroatoms. The zero-order valence-electron chi connectivity index (χ0n) is 14.6. The quantitative estimate of drug-likeness (QED) is 0.608. The van der Waals surface area contributed by atoms with Crippen molar-refractivity contribution in [3.8, 4) is 11.8 Å². The molecule has 0 aliphatic carbocycles. The largest absolute Gasteiger partial charge is 0.497 e. The molecule has 2 heterocycles. The second kappa shape index (κ2) is 8.66. The van der Waals surface area contributed by atoms with E-state index in [4.69, 9.17) is 10.00 Å². The van der Waals surface area contributed by atoms with E-state index < -0.39 is 5.25 Å². The lowest BCUT2D eigenvalue weighted by Gasteiger charge is -2.11. The molecule has 2 aromatic heterocycles. The van der Waals surface area contributed by atoms with Crippen LogP contribution >= 0.6 is 23.1 Å². The number of anilines is 1. The Morgan fingerprint density at radius 3 is 2.89 bits per heavy atom. The van der Waals surface area contributed by atoms with Gasteiger partial charge in [-0.25, -0.2) is 4.68 Å². The number of thiophene rings is 1. The fourth-order valence-corrected chi connectivity index (χ4v) is 3.73. The Balaban J connectivity index is 1.64. The average molecular weight is 400 g/mol. The number of rotatable bonds is 7. The van der Waals surface area contributed by atoms with Crippen LogP contribution in [-0.2, 0) is 11.3 Å². The van der Waals surface area contributed by atoms with Crippen LogP contribution in [-0.4, -0.2) is 38.5 Å². The standard InChI is InChI=1S/C17H16N6O2S2/c1-11(15(24)19-16-13(9-18)7-8-26-16)27-17-20-21-22-23(17)10-12-3-5-14(25-2)6-4-12/h3-8,11H,10H2,1-2H3,(H,19,24). The lowest BCUT2D eigenvalue weighted by atomic mass is 10.2. The van der Waals surface area contributed by atoms with Crippen LogP contribution in [0.2, 0.25) is 0 Å². The summed E-state index contributed by atoms with van der Waals surface area (Å²) in [7, 11) is 1.62. The number of benzene rings is 1. The van der Waals surface area contributed by atoms with Gasteiger partial charge in [-0.2, -0.15) is 5.26 Å². The van der Waals surface area contributed by atoms with E-state index in [2.05, 4.69) is 26.9 Å². The summed E-state index contributed by atoms with van der Waals surface area (Å²) in [4.78, 5) is 12.4. The summed E-state index contributed by atoms with van der Waals surface area (Å²) in [5.74, 6) is 0.568. The van der Waals surface area contributed by atoms with E-state index >= 15 is 0 Å². The fourth-order valence-electron chi connectivity index (χ4n) is 2.20. The van der Waals surface area contributed by atoms with Crippen LogP contribution in [0.15, 0.2) is 40.9 Å². The highest BCUT2D eigenvalue weighted by atomic mass is 32.2. The molecule has 1 atom stereocenters. The predicted molar refractivity (Wildman–Crippen MR) is 103 cm³/mol. The number of methoxy groups -OCH3 is 1. The van der Waals surface area contributed by atoms with E-state index in [1.165, 1.54) is 23.1 Å². The second-order valence-corrected chi connectivity index (χ2v) is 7.72. The highest BCUT2D eigenvalue weighted by Crippen LogP contribution is 2.26. The van der Waals surface area contributed by atoms with E-state index in [1.54, 1.807) is 30.2 Å². The summed E-state index contributed by atoms with van der Waals surface area (Å²) in [5, 5.41) is 26.0. The zero-order valence-corrected chi connectivity index (χ0v) is 16.3. The topological polar surface area (TPSA) is 106 Å². The minimum absolute atomic E-state index is 0.210. The number of thioether (sulfide) groups is 1. The van der Waals surface area contributed by atoms with Crippen molar-refractivity contribution >= 4 is 34.0 Å². The summed E-state index contributed by atoms with van der Waals surface area (Å²) in [5.41, 5.74) is 1.47. The number of nitrogens with zero attached hydrogens (tertiary/aromatic N) is 5. The monoisotopic (exact) mass is 400 g/mol. The van der Waals surface area contributed by atoms with Crippen LogP contribution in [0, 0.1) is 11.3 Å². The number of aromatic nitrogens is 4. The molecule has 1 aromatic carbocycles. The van der Waals surface area contributed by atoms with Crippen molar-refractivity contribution in [3.63, 3.8) is 0 Å². The van der Waals surface area contributed by atoms with E-state index in [0.717, 1.165) is 11.3 Å². The van der Waals surface area contributed by atoms with Crippen molar-refractivity contribution in [1.29, 1.82) is 5.26 Å². The van der Waals surface area contributed by atoms with Gasteiger partial charge in [0.15, 0.2) is 0 Å². The van der Waals surface area contributed by atoms with Gasteiger partial charge in [-0.05, 0) is 46.5 Å². The number of tetrazole rings is 1. The zero-order chi connectivity index (χ0) is 19.2. The summed E-state index contributed by atoms with van der Waals surface area (Å²) in [6.45, 7) is 2.25. The lowest BCUT2D eigenvalue weighted by Crippen LogP contribution is -2.23. The third-order valence-corrected chi connectivity index (χ3v) is 5.56. The molecule has 27 heavy (non-hydrogen) atoms. The third kappa shape index (κ3) is 4.64. The first-order valence-electron chi connectivity index (χ1n) is 7.95. The minimum atomic E-state index is -0.431. The smallest absolute Gasteiger partial charge is 0.238 e. The van der Waals surface area contributed by atoms with Crippen LogP contribution in [0.1, 0.15) is 18.1 Å². The van der Waals surface area contributed by atoms with Crippen molar-refractivity contribution in [2.45, 2.75) is 23.9 Å². The average Bonchev–Trinajstić information content (AvgIpc) is 3.31. The molecule has 3 rings (SSSR count). The van der Waals surface area contributed by atoms with Crippen molar-refractivity contribution in [2.75, 3.05) is 12.4 Å². The molecule has 0 fully saturated rings. The molecule has 0 aliphatic rings. The minimum Gasteiger partial charge on any atom is -0.497 e. The van der Waals surface area contributed by atoms with Gasteiger partial charge in [0, 0.05) is 0 Å². The van der Waals surface area contributed by atoms with Crippen LogP contribution < -0.4 is 10.1 Å². The van der Waals surface area contributed by atoms with Gasteiger partial charge in [0.25, 0.3) is 0 Å².